The monoisotopic (exact) mass is 800 g/mol. The van der Waals surface area contributed by atoms with Crippen molar-refractivity contribution in [2.75, 3.05) is 51.1 Å². The van der Waals surface area contributed by atoms with Crippen molar-refractivity contribution < 1.29 is 21.6 Å². The fourth-order valence-corrected chi connectivity index (χ4v) is 10.3. The molecule has 2 N–H and O–H groups in total. The molecule has 12 nitrogen and oxygen atoms in total. The summed E-state index contributed by atoms with van der Waals surface area (Å²) in [4.78, 5) is 19.1. The minimum absolute atomic E-state index is 0.0897. The summed E-state index contributed by atoms with van der Waals surface area (Å²) >= 11 is 2.57. The van der Waals surface area contributed by atoms with Crippen LogP contribution in [-0.2, 0) is 36.1 Å². The van der Waals surface area contributed by atoms with Crippen LogP contribution in [0.1, 0.15) is 46.3 Å². The number of likely N-dealkylation sites (tertiary alicyclic amines) is 1. The van der Waals surface area contributed by atoms with Gasteiger partial charge in [-0.2, -0.15) is 31.2 Å². The van der Waals surface area contributed by atoms with Crippen molar-refractivity contribution >= 4 is 59.8 Å². The van der Waals surface area contributed by atoms with Gasteiger partial charge < -0.3 is 9.88 Å². The summed E-state index contributed by atoms with van der Waals surface area (Å²) in [7, 11) is -3.57. The number of alkyl halides is 3. The molecule has 2 aliphatic heterocycles. The molecule has 6 heterocycles. The van der Waals surface area contributed by atoms with E-state index in [1.807, 2.05) is 6.07 Å². The van der Waals surface area contributed by atoms with Crippen LogP contribution in [0.5, 0.6) is 0 Å². The second-order valence-electron chi connectivity index (χ2n) is 14.1. The average molecular weight is 801 g/mol. The molecule has 0 aliphatic carbocycles. The highest BCUT2D eigenvalue weighted by atomic mass is 32.2. The Bertz CT molecular complexity index is 2220. The maximum atomic E-state index is 13.0. The van der Waals surface area contributed by atoms with Gasteiger partial charge in [0.1, 0.15) is 28.7 Å². The Morgan fingerprint density at radius 1 is 1.06 bits per heavy atom. The third kappa shape index (κ3) is 8.88. The van der Waals surface area contributed by atoms with Crippen molar-refractivity contribution in [3.8, 4) is 6.07 Å². The number of nitriles is 1. The first-order valence-electron chi connectivity index (χ1n) is 18.0. The van der Waals surface area contributed by atoms with Crippen molar-refractivity contribution in [2.45, 2.75) is 70.9 Å². The first-order chi connectivity index (χ1) is 25.9. The molecular weight excluding hydrogens is 758 g/mol. The highest BCUT2D eigenvalue weighted by Crippen LogP contribution is 2.34. The fraction of sp³-hybridized carbons (Fsp3) is 0.500. The van der Waals surface area contributed by atoms with Crippen LogP contribution < -0.4 is 10.0 Å². The summed E-state index contributed by atoms with van der Waals surface area (Å²) < 4.78 is 71.1. The molecule has 0 radical (unpaired) electrons. The first-order valence-corrected chi connectivity index (χ1v) is 21.2. The molecular formula is C36H43F3N10O2S3. The molecule has 1 aromatic carbocycles. The molecule has 288 valence electrons. The summed E-state index contributed by atoms with van der Waals surface area (Å²) in [6, 6.07) is 10.4. The zero-order valence-electron chi connectivity index (χ0n) is 30.1. The maximum absolute atomic E-state index is 13.0. The molecule has 2 saturated heterocycles. The molecule has 7 rings (SSSR count). The van der Waals surface area contributed by atoms with E-state index in [4.69, 9.17) is 0 Å². The number of piperazine rings is 1. The number of benzene rings is 1. The van der Waals surface area contributed by atoms with E-state index in [1.165, 1.54) is 27.5 Å². The second kappa shape index (κ2) is 16.2. The minimum atomic E-state index is -4.27. The molecule has 1 atom stereocenters. The number of aromatic nitrogens is 4. The molecule has 5 aromatic rings. The lowest BCUT2D eigenvalue weighted by molar-refractivity contribution is -0.126. The molecule has 0 spiro atoms. The van der Waals surface area contributed by atoms with Gasteiger partial charge in [-0.3, -0.25) is 14.8 Å². The Morgan fingerprint density at radius 2 is 1.83 bits per heavy atom. The van der Waals surface area contributed by atoms with Gasteiger partial charge in [0.05, 0.1) is 17.3 Å². The highest BCUT2D eigenvalue weighted by Gasteiger charge is 2.31. The van der Waals surface area contributed by atoms with Crippen LogP contribution in [0, 0.1) is 18.3 Å². The maximum Gasteiger partial charge on any atom is 0.393 e. The van der Waals surface area contributed by atoms with Gasteiger partial charge in [-0.1, -0.05) is 6.07 Å². The predicted molar refractivity (Wildman–Crippen MR) is 206 cm³/mol. The molecule has 0 bridgehead atoms. The molecule has 18 heteroatoms. The summed E-state index contributed by atoms with van der Waals surface area (Å²) in [5.41, 5.74) is 5.70. The zero-order chi connectivity index (χ0) is 38.0. The van der Waals surface area contributed by atoms with Crippen molar-refractivity contribution in [1.82, 2.24) is 38.3 Å². The number of anilines is 1. The van der Waals surface area contributed by atoms with Gasteiger partial charge in [-0.25, -0.2) is 14.7 Å². The molecule has 2 aliphatic rings. The second-order valence-corrected chi connectivity index (χ2v) is 17.9. The van der Waals surface area contributed by atoms with E-state index in [-0.39, 0.29) is 17.0 Å². The number of hydrogen-bond acceptors (Lipinski definition) is 11. The Balaban J connectivity index is 0.933. The Labute approximate surface area is 320 Å². The average Bonchev–Trinajstić information content (AvgIpc) is 3.89. The van der Waals surface area contributed by atoms with Crippen molar-refractivity contribution in [1.29, 1.82) is 5.26 Å². The SMILES string of the molecule is Cc1c(CN2CCC(Nc3ncnc4sc(CC(F)(F)F)cc34)CC2)ccc2c1cc(C#N)n2CC(C)N1CCN(S(=O)(=O)NCCc2cncs2)CC1. The van der Waals surface area contributed by atoms with Gasteiger partial charge >= 0.3 is 6.18 Å². The summed E-state index contributed by atoms with van der Waals surface area (Å²) in [6.45, 7) is 9.68. The normalized spacial score (nSPS) is 17.7. The van der Waals surface area contributed by atoms with E-state index in [9.17, 15) is 26.9 Å². The zero-order valence-corrected chi connectivity index (χ0v) is 32.6. The van der Waals surface area contributed by atoms with Gasteiger partial charge in [-0.15, -0.1) is 22.7 Å². The van der Waals surface area contributed by atoms with Crippen LogP contribution >= 0.6 is 22.7 Å². The largest absolute Gasteiger partial charge is 0.393 e. The molecule has 1 unspecified atom stereocenters. The Hall–Kier alpha value is -3.70. The van der Waals surface area contributed by atoms with E-state index in [2.05, 4.69) is 71.4 Å². The predicted octanol–water partition coefficient (Wildman–Crippen LogP) is 5.55. The van der Waals surface area contributed by atoms with E-state index in [1.54, 1.807) is 17.8 Å². The van der Waals surface area contributed by atoms with Crippen molar-refractivity contribution in [3.05, 3.63) is 68.9 Å². The first kappa shape index (κ1) is 38.6. The van der Waals surface area contributed by atoms with E-state index in [0.717, 1.165) is 65.2 Å². The summed E-state index contributed by atoms with van der Waals surface area (Å²) in [6.07, 6.45) is 0.258. The molecule has 54 heavy (non-hydrogen) atoms. The molecule has 4 aromatic heterocycles. The van der Waals surface area contributed by atoms with E-state index >= 15 is 0 Å². The standard InChI is InChI=1S/C36H43F3N10O2S3/c1-24(47-11-13-48(14-12-47)54(50,51)44-8-5-29-19-41-23-52-29)20-49-28(18-40)15-31-25(2)26(3-4-33(31)49)21-46-9-6-27(7-10-46)45-34-32-16-30(17-36(37,38)39)53-35(32)43-22-42-34/h3-4,15-16,19,22-24,27,44H,5-14,17,20-21H2,1-2H3,(H,42,43,45). The molecule has 0 amide bonds. The van der Waals surface area contributed by atoms with Crippen LogP contribution in [0.4, 0.5) is 19.0 Å². The number of piperidine rings is 1. The summed E-state index contributed by atoms with van der Waals surface area (Å²) in [5.74, 6) is 0.582. The minimum Gasteiger partial charge on any atom is -0.367 e. The Morgan fingerprint density at radius 3 is 2.54 bits per heavy atom. The summed E-state index contributed by atoms with van der Waals surface area (Å²) in [5, 5.41) is 15.3. The fourth-order valence-electron chi connectivity index (χ4n) is 7.48. The number of thiazole rings is 1. The third-order valence-corrected chi connectivity index (χ3v) is 14.0. The smallest absolute Gasteiger partial charge is 0.367 e. The van der Waals surface area contributed by atoms with Crippen LogP contribution in [0.15, 0.2) is 42.3 Å². The van der Waals surface area contributed by atoms with Gasteiger partial charge in [0.25, 0.3) is 10.2 Å². The number of rotatable bonds is 13. The topological polar surface area (TPSA) is 135 Å². The lowest BCUT2D eigenvalue weighted by Gasteiger charge is -2.37. The molecule has 0 saturated carbocycles. The Kier molecular flexibility index (Phi) is 11.6. The lowest BCUT2D eigenvalue weighted by Crippen LogP contribution is -2.54. The van der Waals surface area contributed by atoms with Crippen LogP contribution in [0.3, 0.4) is 0 Å². The highest BCUT2D eigenvalue weighted by molar-refractivity contribution is 7.87. The van der Waals surface area contributed by atoms with Crippen molar-refractivity contribution in [3.63, 3.8) is 0 Å². The lowest BCUT2D eigenvalue weighted by atomic mass is 10.0. The van der Waals surface area contributed by atoms with Gasteiger partial charge in [0.15, 0.2) is 0 Å². The van der Waals surface area contributed by atoms with E-state index in [0.29, 0.717) is 67.4 Å². The van der Waals surface area contributed by atoms with Crippen LogP contribution in [0.2, 0.25) is 0 Å². The number of halogens is 3. The number of hydrogen-bond donors (Lipinski definition) is 2. The quantitative estimate of drug-likeness (QED) is 0.157. The van der Waals surface area contributed by atoms with Crippen LogP contribution in [0.25, 0.3) is 21.1 Å². The van der Waals surface area contributed by atoms with Crippen molar-refractivity contribution in [2.24, 2.45) is 0 Å². The number of fused-ring (bicyclic) bond motifs is 2. The van der Waals surface area contributed by atoms with Gasteiger partial charge in [-0.05, 0) is 62.4 Å². The third-order valence-electron chi connectivity index (χ3n) is 10.5. The number of thiophene rings is 1. The number of aryl methyl sites for hydroxylation is 1. The van der Waals surface area contributed by atoms with Gasteiger partial charge in [0.2, 0.25) is 0 Å². The number of nitrogens with one attached hydrogen (secondary N) is 2. The number of nitrogens with zero attached hydrogens (tertiary/aromatic N) is 8. The van der Waals surface area contributed by atoms with Crippen LogP contribution in [-0.4, -0.2) is 106 Å². The van der Waals surface area contributed by atoms with E-state index < -0.39 is 22.8 Å². The van der Waals surface area contributed by atoms with Gasteiger partial charge in [0, 0.05) is 97.8 Å². The molecule has 2 fully saturated rings.